The molecular formula is C16H13ClO4. The Bertz CT molecular complexity index is 667. The number of halogens is 1. The first-order valence-corrected chi connectivity index (χ1v) is 6.51. The van der Waals surface area contributed by atoms with Crippen molar-refractivity contribution in [1.82, 2.24) is 0 Å². The highest BCUT2D eigenvalue weighted by molar-refractivity contribution is 6.34. The first kappa shape index (κ1) is 14.9. The van der Waals surface area contributed by atoms with Crippen molar-refractivity contribution in [2.75, 3.05) is 0 Å². The molecule has 0 fully saturated rings. The number of carbonyl (C=O) groups excluding carboxylic acids is 1. The number of phenolic OH excluding ortho intramolecular Hbond substituents is 2. The fraction of sp³-hybridized carbons (Fsp3) is 0.0625. The van der Waals surface area contributed by atoms with E-state index in [4.69, 9.17) is 16.3 Å². The summed E-state index contributed by atoms with van der Waals surface area (Å²) in [6, 6.07) is 11.5. The molecule has 0 heterocycles. The average Bonchev–Trinajstić information content (AvgIpc) is 2.51. The van der Waals surface area contributed by atoms with Crippen molar-refractivity contribution in [3.8, 4) is 11.5 Å². The van der Waals surface area contributed by atoms with E-state index in [1.165, 1.54) is 18.2 Å². The van der Waals surface area contributed by atoms with Gasteiger partial charge in [-0.05, 0) is 23.8 Å². The summed E-state index contributed by atoms with van der Waals surface area (Å²) in [4.78, 5) is 12.1. The van der Waals surface area contributed by atoms with Crippen molar-refractivity contribution >= 4 is 17.6 Å². The van der Waals surface area contributed by atoms with Crippen molar-refractivity contribution in [3.63, 3.8) is 0 Å². The lowest BCUT2D eigenvalue weighted by Gasteiger charge is -2.15. The molecule has 0 amide bonds. The van der Waals surface area contributed by atoms with Crippen LogP contribution in [0, 0.1) is 0 Å². The quantitative estimate of drug-likeness (QED) is 0.665. The highest BCUT2D eigenvalue weighted by Gasteiger charge is 2.20. The van der Waals surface area contributed by atoms with E-state index < -0.39 is 17.8 Å². The van der Waals surface area contributed by atoms with Crippen molar-refractivity contribution in [2.24, 2.45) is 0 Å². The molecule has 1 unspecified atom stereocenters. The zero-order valence-electron chi connectivity index (χ0n) is 11.0. The lowest BCUT2D eigenvalue weighted by Crippen LogP contribution is -2.10. The normalized spacial score (nSPS) is 11.7. The maximum atomic E-state index is 12.1. The van der Waals surface area contributed by atoms with E-state index in [1.807, 2.05) is 18.2 Å². The summed E-state index contributed by atoms with van der Waals surface area (Å²) in [5, 5.41) is 18.8. The number of esters is 1. The summed E-state index contributed by atoms with van der Waals surface area (Å²) in [6.07, 6.45) is 0.831. The molecule has 0 radical (unpaired) electrons. The minimum atomic E-state index is -0.761. The molecule has 0 saturated carbocycles. The van der Waals surface area contributed by atoms with Crippen LogP contribution in [0.15, 0.2) is 55.1 Å². The molecule has 0 aliphatic carbocycles. The van der Waals surface area contributed by atoms with Crippen molar-refractivity contribution in [1.29, 1.82) is 0 Å². The molecule has 2 aromatic carbocycles. The first-order valence-electron chi connectivity index (χ1n) is 6.13. The molecule has 1 atom stereocenters. The molecule has 0 aliphatic rings. The molecular weight excluding hydrogens is 292 g/mol. The molecule has 5 heteroatoms. The maximum Gasteiger partial charge on any atom is 0.342 e. The highest BCUT2D eigenvalue weighted by Crippen LogP contribution is 2.36. The highest BCUT2D eigenvalue weighted by atomic mass is 35.5. The van der Waals surface area contributed by atoms with Crippen LogP contribution in [0.3, 0.4) is 0 Å². The SMILES string of the molecule is C=CC(OC(=O)c1ccc(O)c(Cl)c1O)c1ccccc1. The second-order valence-electron chi connectivity index (χ2n) is 4.27. The second kappa shape index (κ2) is 6.33. The van der Waals surface area contributed by atoms with Crippen molar-refractivity contribution < 1.29 is 19.7 Å². The van der Waals surface area contributed by atoms with Gasteiger partial charge in [-0.3, -0.25) is 0 Å². The Balaban J connectivity index is 2.25. The van der Waals surface area contributed by atoms with E-state index in [0.717, 1.165) is 5.56 Å². The van der Waals surface area contributed by atoms with Crippen LogP contribution in [0.2, 0.25) is 5.02 Å². The smallest absolute Gasteiger partial charge is 0.342 e. The van der Waals surface area contributed by atoms with Gasteiger partial charge < -0.3 is 14.9 Å². The van der Waals surface area contributed by atoms with Crippen LogP contribution in [0.25, 0.3) is 0 Å². The molecule has 0 saturated heterocycles. The molecule has 0 aliphatic heterocycles. The minimum absolute atomic E-state index is 0.124. The van der Waals surface area contributed by atoms with E-state index in [2.05, 4.69) is 6.58 Å². The monoisotopic (exact) mass is 304 g/mol. The van der Waals surface area contributed by atoms with Gasteiger partial charge in [-0.25, -0.2) is 4.79 Å². The van der Waals surface area contributed by atoms with E-state index in [0.29, 0.717) is 0 Å². The van der Waals surface area contributed by atoms with Crippen LogP contribution in [0.5, 0.6) is 11.5 Å². The Morgan fingerprint density at radius 1 is 1.19 bits per heavy atom. The summed E-state index contributed by atoms with van der Waals surface area (Å²) in [5.41, 5.74) is 0.630. The van der Waals surface area contributed by atoms with Gasteiger partial charge in [0.1, 0.15) is 22.4 Å². The van der Waals surface area contributed by atoms with Gasteiger partial charge in [0.05, 0.1) is 0 Å². The molecule has 0 spiro atoms. The Morgan fingerprint density at radius 2 is 1.86 bits per heavy atom. The summed E-state index contributed by atoms with van der Waals surface area (Å²) in [5.74, 6) is -1.59. The Morgan fingerprint density at radius 3 is 2.48 bits per heavy atom. The van der Waals surface area contributed by atoms with Crippen LogP contribution >= 0.6 is 11.6 Å². The number of benzene rings is 2. The first-order chi connectivity index (χ1) is 10.0. The molecule has 2 rings (SSSR count). The summed E-state index contributed by atoms with van der Waals surface area (Å²) in [6.45, 7) is 3.63. The lowest BCUT2D eigenvalue weighted by molar-refractivity contribution is 0.0389. The summed E-state index contributed by atoms with van der Waals surface area (Å²) < 4.78 is 5.29. The third kappa shape index (κ3) is 3.17. The largest absolute Gasteiger partial charge is 0.506 e. The molecule has 0 bridgehead atoms. The van der Waals surface area contributed by atoms with Gasteiger partial charge >= 0.3 is 5.97 Å². The van der Waals surface area contributed by atoms with Gasteiger partial charge in [-0.1, -0.05) is 48.5 Å². The Kier molecular flexibility index (Phi) is 4.50. The summed E-state index contributed by atoms with van der Waals surface area (Å²) >= 11 is 5.69. The number of hydrogen-bond acceptors (Lipinski definition) is 4. The maximum absolute atomic E-state index is 12.1. The summed E-state index contributed by atoms with van der Waals surface area (Å²) in [7, 11) is 0. The number of ether oxygens (including phenoxy) is 1. The Hall–Kier alpha value is -2.46. The number of carbonyl (C=O) groups is 1. The third-order valence-corrected chi connectivity index (χ3v) is 3.26. The molecule has 108 valence electrons. The molecule has 0 aromatic heterocycles. The number of phenols is 2. The molecule has 4 nitrogen and oxygen atoms in total. The fourth-order valence-electron chi connectivity index (χ4n) is 1.79. The van der Waals surface area contributed by atoms with Gasteiger partial charge in [0.15, 0.2) is 5.75 Å². The van der Waals surface area contributed by atoms with Crippen LogP contribution < -0.4 is 0 Å². The van der Waals surface area contributed by atoms with Gasteiger partial charge in [0, 0.05) is 0 Å². The van der Waals surface area contributed by atoms with Gasteiger partial charge in [-0.15, -0.1) is 0 Å². The molecule has 21 heavy (non-hydrogen) atoms. The van der Waals surface area contributed by atoms with Crippen LogP contribution in [0.1, 0.15) is 22.0 Å². The standard InChI is InChI=1S/C16H13ClO4/c1-2-13(10-6-4-3-5-7-10)21-16(20)11-8-9-12(18)14(17)15(11)19/h2-9,13,18-19H,1H2. The van der Waals surface area contributed by atoms with E-state index in [-0.39, 0.29) is 16.3 Å². The third-order valence-electron chi connectivity index (χ3n) is 2.89. The average molecular weight is 305 g/mol. The van der Waals surface area contributed by atoms with Crippen LogP contribution in [0.4, 0.5) is 0 Å². The predicted molar refractivity (Wildman–Crippen MR) is 79.6 cm³/mol. The van der Waals surface area contributed by atoms with Gasteiger partial charge in [0.25, 0.3) is 0 Å². The van der Waals surface area contributed by atoms with E-state index >= 15 is 0 Å². The lowest BCUT2D eigenvalue weighted by atomic mass is 10.1. The van der Waals surface area contributed by atoms with Gasteiger partial charge in [0.2, 0.25) is 0 Å². The molecule has 2 aromatic rings. The van der Waals surface area contributed by atoms with Crippen LogP contribution in [-0.2, 0) is 4.74 Å². The van der Waals surface area contributed by atoms with Gasteiger partial charge in [-0.2, -0.15) is 0 Å². The topological polar surface area (TPSA) is 66.8 Å². The number of rotatable bonds is 4. The van der Waals surface area contributed by atoms with E-state index in [1.54, 1.807) is 12.1 Å². The predicted octanol–water partition coefficient (Wildman–Crippen LogP) is 3.84. The van der Waals surface area contributed by atoms with Crippen LogP contribution in [-0.4, -0.2) is 16.2 Å². The second-order valence-corrected chi connectivity index (χ2v) is 4.65. The zero-order valence-corrected chi connectivity index (χ0v) is 11.7. The molecule has 2 N–H and O–H groups in total. The zero-order chi connectivity index (χ0) is 15.4. The Labute approximate surface area is 126 Å². The van der Waals surface area contributed by atoms with Crippen molar-refractivity contribution in [2.45, 2.75) is 6.10 Å². The van der Waals surface area contributed by atoms with E-state index in [9.17, 15) is 15.0 Å². The fourth-order valence-corrected chi connectivity index (χ4v) is 1.96. The van der Waals surface area contributed by atoms with Crippen molar-refractivity contribution in [3.05, 3.63) is 71.3 Å². The number of hydrogen-bond donors (Lipinski definition) is 2. The number of aromatic hydroxyl groups is 2. The minimum Gasteiger partial charge on any atom is -0.506 e.